The molecular weight excluding hydrogens is 522 g/mol. The average molecular weight is 548 g/mol. The molecule has 10 heteroatoms. The molecule has 0 bridgehead atoms. The first-order valence-electron chi connectivity index (χ1n) is 13.2. The number of carbonyl (C=O) groups excluding carboxylic acids is 2. The third-order valence-electron chi connectivity index (χ3n) is 7.42. The number of Topliss-reactive ketones (excluding diaryl/α,β-unsaturated/α-hetero) is 1. The summed E-state index contributed by atoms with van der Waals surface area (Å²) in [6.07, 6.45) is 9.27. The van der Waals surface area contributed by atoms with E-state index >= 15 is 0 Å². The quantitative estimate of drug-likeness (QED) is 0.201. The van der Waals surface area contributed by atoms with Crippen LogP contribution >= 0.6 is 11.3 Å². The summed E-state index contributed by atoms with van der Waals surface area (Å²) in [7, 11) is 0. The maximum Gasteiger partial charge on any atom is 0.227 e. The number of fused-ring (bicyclic) bond motifs is 2. The summed E-state index contributed by atoms with van der Waals surface area (Å²) in [6.45, 7) is 1.57. The molecule has 0 aliphatic heterocycles. The number of carbonyl (C=O) groups is 2. The highest BCUT2D eigenvalue weighted by Crippen LogP contribution is 2.36. The molecule has 1 saturated carbocycles. The molecule has 1 fully saturated rings. The zero-order valence-electron chi connectivity index (χ0n) is 21.7. The number of nitrogens with zero attached hydrogens (tertiary/aromatic N) is 4. The first kappa shape index (κ1) is 24.3. The van der Waals surface area contributed by atoms with Crippen molar-refractivity contribution in [1.29, 1.82) is 0 Å². The Morgan fingerprint density at radius 1 is 1.00 bits per heavy atom. The van der Waals surface area contributed by atoms with Gasteiger partial charge < -0.3 is 10.3 Å². The van der Waals surface area contributed by atoms with Crippen LogP contribution in [0.1, 0.15) is 42.3 Å². The molecule has 7 rings (SSSR count). The van der Waals surface area contributed by atoms with E-state index in [2.05, 4.69) is 30.5 Å². The minimum atomic E-state index is 0.0417. The fraction of sp³-hybridized carbons (Fsp3) is 0.200. The summed E-state index contributed by atoms with van der Waals surface area (Å²) in [6, 6.07) is 13.5. The van der Waals surface area contributed by atoms with E-state index in [4.69, 9.17) is 4.98 Å². The number of thiophene rings is 1. The number of aromatic nitrogens is 6. The van der Waals surface area contributed by atoms with Gasteiger partial charge in [-0.3, -0.25) is 24.7 Å². The molecule has 6 heterocycles. The second kappa shape index (κ2) is 9.80. The minimum Gasteiger partial charge on any atom is -0.353 e. The van der Waals surface area contributed by atoms with Gasteiger partial charge in [-0.15, -0.1) is 11.3 Å². The third-order valence-corrected chi connectivity index (χ3v) is 8.62. The summed E-state index contributed by atoms with van der Waals surface area (Å²) in [5.41, 5.74) is 6.95. The monoisotopic (exact) mass is 547 g/mol. The van der Waals surface area contributed by atoms with Gasteiger partial charge in [-0.2, -0.15) is 5.10 Å². The standard InChI is InChI=1S/C30H25N7O2S/c1-16(38)25-8-9-26(40-25)27-20-13-24(34-22(20)10-11-32-27)29-28-23(36-37-29)7-6-21(35-28)18-12-19(15-31-14-18)33-30(39)17-4-2-3-5-17/h6-15,17,34H,2-5H2,1H3,(H,33,39)(H,36,37). The number of nitrogens with one attached hydrogen (secondary N) is 3. The molecule has 0 atom stereocenters. The van der Waals surface area contributed by atoms with Crippen LogP contribution in [0.25, 0.3) is 55.2 Å². The van der Waals surface area contributed by atoms with Crippen molar-refractivity contribution in [3.63, 3.8) is 0 Å². The van der Waals surface area contributed by atoms with Crippen LogP contribution in [-0.4, -0.2) is 41.8 Å². The van der Waals surface area contributed by atoms with Crippen LogP contribution in [-0.2, 0) is 4.79 Å². The van der Waals surface area contributed by atoms with Gasteiger partial charge in [-0.1, -0.05) is 12.8 Å². The number of pyridine rings is 3. The average Bonchev–Trinajstić information content (AvgIpc) is 3.78. The fourth-order valence-corrected chi connectivity index (χ4v) is 6.27. The number of amides is 1. The molecule has 1 aliphatic rings. The van der Waals surface area contributed by atoms with Crippen LogP contribution in [0.3, 0.4) is 0 Å². The molecule has 9 nitrogen and oxygen atoms in total. The molecule has 0 aromatic carbocycles. The smallest absolute Gasteiger partial charge is 0.227 e. The van der Waals surface area contributed by atoms with Crippen LogP contribution in [0.4, 0.5) is 5.69 Å². The van der Waals surface area contributed by atoms with E-state index in [9.17, 15) is 9.59 Å². The zero-order valence-corrected chi connectivity index (χ0v) is 22.5. The van der Waals surface area contributed by atoms with Gasteiger partial charge in [0.1, 0.15) is 11.2 Å². The Morgan fingerprint density at radius 3 is 2.70 bits per heavy atom. The largest absolute Gasteiger partial charge is 0.353 e. The van der Waals surface area contributed by atoms with E-state index in [1.165, 1.54) is 11.3 Å². The number of H-pyrrole nitrogens is 2. The Hall–Kier alpha value is -4.70. The molecule has 198 valence electrons. The normalized spacial score (nSPS) is 13.8. The predicted molar refractivity (Wildman–Crippen MR) is 156 cm³/mol. The minimum absolute atomic E-state index is 0.0417. The second-order valence-corrected chi connectivity index (χ2v) is 11.2. The van der Waals surface area contributed by atoms with E-state index < -0.39 is 0 Å². The van der Waals surface area contributed by atoms with Crippen molar-refractivity contribution in [2.24, 2.45) is 5.92 Å². The van der Waals surface area contributed by atoms with Gasteiger partial charge in [0.2, 0.25) is 5.91 Å². The van der Waals surface area contributed by atoms with Crippen molar-refractivity contribution in [2.45, 2.75) is 32.6 Å². The number of ketones is 1. The summed E-state index contributed by atoms with van der Waals surface area (Å²) in [5.74, 6) is 0.180. The van der Waals surface area contributed by atoms with E-state index in [-0.39, 0.29) is 17.6 Å². The summed E-state index contributed by atoms with van der Waals surface area (Å²) >= 11 is 1.44. The lowest BCUT2D eigenvalue weighted by atomic mass is 10.1. The van der Waals surface area contributed by atoms with Gasteiger partial charge >= 0.3 is 0 Å². The van der Waals surface area contributed by atoms with Crippen molar-refractivity contribution in [2.75, 3.05) is 5.32 Å². The first-order valence-corrected chi connectivity index (χ1v) is 14.1. The van der Waals surface area contributed by atoms with Crippen LogP contribution in [0.15, 0.2) is 61.1 Å². The molecule has 0 unspecified atom stereocenters. The molecule has 6 aromatic heterocycles. The number of anilines is 1. The van der Waals surface area contributed by atoms with Gasteiger partial charge in [-0.05, 0) is 62.2 Å². The highest BCUT2D eigenvalue weighted by Gasteiger charge is 2.23. The molecule has 6 aromatic rings. The SMILES string of the molecule is CC(=O)c1ccc(-c2nccc3[nH]c(-c4n[nH]c5ccc(-c6cncc(NC(=O)C7CCCC7)c6)nc45)cc23)s1. The Bertz CT molecular complexity index is 1910. The number of hydrogen-bond donors (Lipinski definition) is 3. The van der Waals surface area contributed by atoms with Crippen molar-refractivity contribution in [3.8, 4) is 33.2 Å². The van der Waals surface area contributed by atoms with Crippen molar-refractivity contribution >= 4 is 50.7 Å². The molecule has 40 heavy (non-hydrogen) atoms. The van der Waals surface area contributed by atoms with Crippen LogP contribution in [0.5, 0.6) is 0 Å². The van der Waals surface area contributed by atoms with E-state index in [0.29, 0.717) is 21.8 Å². The topological polar surface area (TPSA) is 129 Å². The second-order valence-electron chi connectivity index (χ2n) is 10.1. The molecule has 0 radical (unpaired) electrons. The summed E-state index contributed by atoms with van der Waals surface area (Å²) in [4.78, 5) is 43.5. The number of aromatic amines is 2. The maximum atomic E-state index is 12.6. The van der Waals surface area contributed by atoms with Gasteiger partial charge in [0.15, 0.2) is 5.78 Å². The Labute approximate surface area is 233 Å². The Balaban J connectivity index is 1.24. The highest BCUT2D eigenvalue weighted by atomic mass is 32.1. The third kappa shape index (κ3) is 4.36. The first-order chi connectivity index (χ1) is 19.5. The van der Waals surface area contributed by atoms with Crippen molar-refractivity contribution in [1.82, 2.24) is 30.1 Å². The molecule has 1 amide bonds. The molecule has 1 aliphatic carbocycles. The fourth-order valence-electron chi connectivity index (χ4n) is 5.36. The van der Waals surface area contributed by atoms with Crippen molar-refractivity contribution in [3.05, 3.63) is 65.9 Å². The lowest BCUT2D eigenvalue weighted by Crippen LogP contribution is -2.20. The highest BCUT2D eigenvalue weighted by molar-refractivity contribution is 7.17. The molecule has 0 spiro atoms. The van der Waals surface area contributed by atoms with Crippen LogP contribution in [0, 0.1) is 5.92 Å². The lowest BCUT2D eigenvalue weighted by Gasteiger charge is -2.11. The van der Waals surface area contributed by atoms with Crippen LogP contribution in [0.2, 0.25) is 0 Å². The molecular formula is C30H25N7O2S. The van der Waals surface area contributed by atoms with Gasteiger partial charge in [0.05, 0.1) is 44.2 Å². The van der Waals surface area contributed by atoms with Crippen LogP contribution < -0.4 is 5.32 Å². The van der Waals surface area contributed by atoms with Gasteiger partial charge in [-0.25, -0.2) is 4.98 Å². The zero-order chi connectivity index (χ0) is 27.2. The van der Waals surface area contributed by atoms with E-state index in [1.54, 1.807) is 25.5 Å². The van der Waals surface area contributed by atoms with E-state index in [0.717, 1.165) is 69.6 Å². The van der Waals surface area contributed by atoms with Gasteiger partial charge in [0.25, 0.3) is 0 Å². The summed E-state index contributed by atoms with van der Waals surface area (Å²) < 4.78 is 0. The maximum absolute atomic E-state index is 12.6. The lowest BCUT2D eigenvalue weighted by molar-refractivity contribution is -0.119. The Kier molecular flexibility index (Phi) is 5.96. The van der Waals surface area contributed by atoms with E-state index in [1.807, 2.05) is 42.5 Å². The molecule has 0 saturated heterocycles. The number of hydrogen-bond acceptors (Lipinski definition) is 7. The van der Waals surface area contributed by atoms with Crippen molar-refractivity contribution < 1.29 is 9.59 Å². The van der Waals surface area contributed by atoms with Gasteiger partial charge in [0, 0.05) is 34.8 Å². The number of rotatable bonds is 6. The predicted octanol–water partition coefficient (Wildman–Crippen LogP) is 6.62. The Morgan fingerprint density at radius 2 is 1.88 bits per heavy atom. The summed E-state index contributed by atoms with van der Waals surface area (Å²) in [5, 5.41) is 11.6. The molecule has 3 N–H and O–H groups in total.